The van der Waals surface area contributed by atoms with Crippen LogP contribution in [0.5, 0.6) is 5.75 Å². The number of hydrogen-bond donors (Lipinski definition) is 2. The van der Waals surface area contributed by atoms with E-state index in [1.54, 1.807) is 12.1 Å². The van der Waals surface area contributed by atoms with Crippen LogP contribution in [0, 0.1) is 0 Å². The fourth-order valence-corrected chi connectivity index (χ4v) is 1.89. The molecular formula is C17H20N2O4. The number of hydrogen-bond acceptors (Lipinski definition) is 4. The molecule has 2 aromatic rings. The van der Waals surface area contributed by atoms with Gasteiger partial charge in [0, 0.05) is 0 Å². The van der Waals surface area contributed by atoms with E-state index in [1.807, 2.05) is 24.3 Å². The Hall–Kier alpha value is -2.76. The third-order valence-corrected chi connectivity index (χ3v) is 3.17. The quantitative estimate of drug-likeness (QED) is 0.800. The van der Waals surface area contributed by atoms with Gasteiger partial charge in [-0.3, -0.25) is 20.4 Å². The van der Waals surface area contributed by atoms with Crippen LogP contribution in [-0.2, 0) is 16.0 Å². The molecule has 23 heavy (non-hydrogen) atoms. The molecule has 2 N–H and O–H groups in total. The van der Waals surface area contributed by atoms with Crippen molar-refractivity contribution < 1.29 is 18.7 Å². The number of carbonyl (C=O) groups is 2. The van der Waals surface area contributed by atoms with Crippen LogP contribution in [0.4, 0.5) is 0 Å². The zero-order valence-corrected chi connectivity index (χ0v) is 13.2. The number of ether oxygens (including phenoxy) is 1. The van der Waals surface area contributed by atoms with Crippen molar-refractivity contribution in [2.24, 2.45) is 0 Å². The Morgan fingerprint density at radius 2 is 1.78 bits per heavy atom. The van der Waals surface area contributed by atoms with Crippen molar-refractivity contribution in [1.82, 2.24) is 10.9 Å². The van der Waals surface area contributed by atoms with E-state index in [-0.39, 0.29) is 18.9 Å². The molecule has 0 aliphatic carbocycles. The highest BCUT2D eigenvalue weighted by atomic mass is 16.5. The molecule has 0 bridgehead atoms. The number of rotatable bonds is 6. The molecule has 6 nitrogen and oxygen atoms in total. The van der Waals surface area contributed by atoms with E-state index in [4.69, 9.17) is 9.15 Å². The van der Waals surface area contributed by atoms with Gasteiger partial charge in [-0.25, -0.2) is 0 Å². The molecule has 0 saturated heterocycles. The van der Waals surface area contributed by atoms with Crippen molar-refractivity contribution in [3.05, 3.63) is 54.0 Å². The topological polar surface area (TPSA) is 80.6 Å². The van der Waals surface area contributed by atoms with E-state index in [9.17, 15) is 9.59 Å². The van der Waals surface area contributed by atoms with Crippen molar-refractivity contribution in [1.29, 1.82) is 0 Å². The molecule has 1 heterocycles. The number of furan rings is 1. The van der Waals surface area contributed by atoms with Crippen LogP contribution in [0.1, 0.15) is 31.1 Å². The van der Waals surface area contributed by atoms with Crippen molar-refractivity contribution in [3.63, 3.8) is 0 Å². The summed E-state index contributed by atoms with van der Waals surface area (Å²) in [7, 11) is 0. The van der Waals surface area contributed by atoms with Gasteiger partial charge in [-0.1, -0.05) is 26.0 Å². The zero-order chi connectivity index (χ0) is 16.7. The Labute approximate surface area is 134 Å². The smallest absolute Gasteiger partial charge is 0.276 e. The Bertz CT molecular complexity index is 633. The van der Waals surface area contributed by atoms with E-state index in [0.29, 0.717) is 17.4 Å². The second-order valence-corrected chi connectivity index (χ2v) is 5.36. The van der Waals surface area contributed by atoms with E-state index in [1.165, 1.54) is 11.8 Å². The molecule has 0 fully saturated rings. The third kappa shape index (κ3) is 5.50. The third-order valence-electron chi connectivity index (χ3n) is 3.17. The molecule has 0 spiro atoms. The first kappa shape index (κ1) is 16.6. The van der Waals surface area contributed by atoms with Crippen LogP contribution in [0.15, 0.2) is 47.1 Å². The van der Waals surface area contributed by atoms with Crippen LogP contribution in [0.3, 0.4) is 0 Å². The van der Waals surface area contributed by atoms with E-state index in [0.717, 1.165) is 0 Å². The zero-order valence-electron chi connectivity index (χ0n) is 13.2. The average molecular weight is 316 g/mol. The van der Waals surface area contributed by atoms with Gasteiger partial charge in [-0.2, -0.15) is 0 Å². The standard InChI is InChI=1S/C17H20N2O4/c1-12(2)13-5-7-14(8-6-13)23-11-17(21)19-18-16(20)10-15-4-3-9-22-15/h3-9,12H,10-11H2,1-2H3,(H,18,20)(H,19,21). The minimum atomic E-state index is -0.439. The summed E-state index contributed by atoms with van der Waals surface area (Å²) in [5, 5.41) is 0. The fraction of sp³-hybridized carbons (Fsp3) is 0.294. The van der Waals surface area contributed by atoms with Gasteiger partial charge >= 0.3 is 0 Å². The first-order valence-electron chi connectivity index (χ1n) is 7.37. The molecule has 1 aromatic heterocycles. The molecule has 0 unspecified atom stereocenters. The van der Waals surface area contributed by atoms with Crippen LogP contribution < -0.4 is 15.6 Å². The van der Waals surface area contributed by atoms with E-state index >= 15 is 0 Å². The number of amides is 2. The van der Waals surface area contributed by atoms with Gasteiger partial charge in [0.2, 0.25) is 5.91 Å². The van der Waals surface area contributed by atoms with Crippen LogP contribution in [-0.4, -0.2) is 18.4 Å². The maximum Gasteiger partial charge on any atom is 0.276 e. The van der Waals surface area contributed by atoms with Gasteiger partial charge in [-0.05, 0) is 35.7 Å². The number of benzene rings is 1. The van der Waals surface area contributed by atoms with Crippen molar-refractivity contribution in [2.75, 3.05) is 6.61 Å². The molecule has 2 rings (SSSR count). The maximum absolute atomic E-state index is 11.6. The Kier molecular flexibility index (Phi) is 5.80. The van der Waals surface area contributed by atoms with Gasteiger partial charge in [0.15, 0.2) is 6.61 Å². The van der Waals surface area contributed by atoms with Crippen molar-refractivity contribution >= 4 is 11.8 Å². The van der Waals surface area contributed by atoms with Crippen LogP contribution in [0.2, 0.25) is 0 Å². The number of carbonyl (C=O) groups excluding carboxylic acids is 2. The molecule has 122 valence electrons. The van der Waals surface area contributed by atoms with Crippen LogP contribution >= 0.6 is 0 Å². The summed E-state index contributed by atoms with van der Waals surface area (Å²) >= 11 is 0. The lowest BCUT2D eigenvalue weighted by molar-refractivity contribution is -0.129. The van der Waals surface area contributed by atoms with Crippen molar-refractivity contribution in [2.45, 2.75) is 26.2 Å². The summed E-state index contributed by atoms with van der Waals surface area (Å²) in [6.07, 6.45) is 1.55. The van der Waals surface area contributed by atoms with Crippen LogP contribution in [0.25, 0.3) is 0 Å². The Balaban J connectivity index is 1.69. The first-order chi connectivity index (χ1) is 11.0. The minimum absolute atomic E-state index is 0.0603. The Morgan fingerprint density at radius 1 is 1.09 bits per heavy atom. The van der Waals surface area contributed by atoms with Gasteiger partial charge < -0.3 is 9.15 Å². The summed E-state index contributed by atoms with van der Waals surface area (Å²) in [5.41, 5.74) is 5.79. The summed E-state index contributed by atoms with van der Waals surface area (Å²) in [6, 6.07) is 10.9. The second-order valence-electron chi connectivity index (χ2n) is 5.36. The lowest BCUT2D eigenvalue weighted by atomic mass is 10.0. The average Bonchev–Trinajstić information content (AvgIpc) is 3.04. The second kappa shape index (κ2) is 8.03. The summed E-state index contributed by atoms with van der Waals surface area (Å²) < 4.78 is 10.4. The highest BCUT2D eigenvalue weighted by Crippen LogP contribution is 2.18. The summed E-state index contributed by atoms with van der Waals surface area (Å²) in [5.74, 6) is 0.766. The first-order valence-corrected chi connectivity index (χ1v) is 7.37. The Morgan fingerprint density at radius 3 is 2.39 bits per heavy atom. The number of hydrazine groups is 1. The minimum Gasteiger partial charge on any atom is -0.484 e. The molecule has 6 heteroatoms. The number of nitrogens with one attached hydrogen (secondary N) is 2. The van der Waals surface area contributed by atoms with Gasteiger partial charge in [0.05, 0.1) is 12.7 Å². The summed E-state index contributed by atoms with van der Waals surface area (Å²) in [4.78, 5) is 23.2. The SMILES string of the molecule is CC(C)c1ccc(OCC(=O)NNC(=O)Cc2ccco2)cc1. The highest BCUT2D eigenvalue weighted by molar-refractivity contribution is 5.83. The molecule has 0 radical (unpaired) electrons. The van der Waals surface area contributed by atoms with E-state index < -0.39 is 5.91 Å². The predicted octanol–water partition coefficient (Wildman–Crippen LogP) is 2.17. The summed E-state index contributed by atoms with van der Waals surface area (Å²) in [6.45, 7) is 4.03. The molecule has 0 atom stereocenters. The van der Waals surface area contributed by atoms with Gasteiger partial charge in [0.1, 0.15) is 11.5 Å². The molecular weight excluding hydrogens is 296 g/mol. The largest absolute Gasteiger partial charge is 0.484 e. The highest BCUT2D eigenvalue weighted by Gasteiger charge is 2.08. The monoisotopic (exact) mass is 316 g/mol. The fourth-order valence-electron chi connectivity index (χ4n) is 1.89. The maximum atomic E-state index is 11.6. The van der Waals surface area contributed by atoms with E-state index in [2.05, 4.69) is 24.7 Å². The molecule has 0 aliphatic heterocycles. The molecule has 1 aromatic carbocycles. The normalized spacial score (nSPS) is 10.4. The lowest BCUT2D eigenvalue weighted by Crippen LogP contribution is -2.44. The van der Waals surface area contributed by atoms with Crippen molar-refractivity contribution in [3.8, 4) is 5.75 Å². The lowest BCUT2D eigenvalue weighted by Gasteiger charge is -2.10. The predicted molar refractivity (Wildman–Crippen MR) is 84.7 cm³/mol. The molecule has 2 amide bonds. The van der Waals surface area contributed by atoms with Gasteiger partial charge in [0.25, 0.3) is 5.91 Å². The van der Waals surface area contributed by atoms with Gasteiger partial charge in [-0.15, -0.1) is 0 Å². The molecule has 0 saturated carbocycles. The molecule has 0 aliphatic rings.